The normalized spacial score (nSPS) is 19.1. The van der Waals surface area contributed by atoms with Gasteiger partial charge in [0.2, 0.25) is 5.95 Å². The maximum atomic E-state index is 13.4. The number of carbonyl (C=O) groups is 1. The molecule has 0 N–H and O–H groups in total. The molecule has 9 nitrogen and oxygen atoms in total. The van der Waals surface area contributed by atoms with Gasteiger partial charge in [-0.3, -0.25) is 9.69 Å². The lowest BCUT2D eigenvalue weighted by Crippen LogP contribution is -2.50. The van der Waals surface area contributed by atoms with Gasteiger partial charge >= 0.3 is 0 Å². The number of hydrazone groups is 1. The van der Waals surface area contributed by atoms with Crippen molar-refractivity contribution in [1.29, 1.82) is 0 Å². The molecule has 0 bridgehead atoms. The summed E-state index contributed by atoms with van der Waals surface area (Å²) in [5.74, 6) is 2.07. The molecule has 172 valence electrons. The molecule has 1 fully saturated rings. The van der Waals surface area contributed by atoms with Gasteiger partial charge in [-0.2, -0.15) is 5.10 Å². The highest BCUT2D eigenvalue weighted by Gasteiger charge is 2.36. The number of para-hydroxylation sites is 1. The van der Waals surface area contributed by atoms with Crippen molar-refractivity contribution in [1.82, 2.24) is 19.9 Å². The number of hydrogen-bond donors (Lipinski definition) is 0. The van der Waals surface area contributed by atoms with Crippen molar-refractivity contribution >= 4 is 28.5 Å². The first-order valence-corrected chi connectivity index (χ1v) is 11.4. The predicted octanol–water partition coefficient (Wildman–Crippen LogP) is 3.32. The summed E-state index contributed by atoms with van der Waals surface area (Å²) in [6.07, 6.45) is 5.66. The molecule has 0 spiro atoms. The van der Waals surface area contributed by atoms with E-state index in [1.54, 1.807) is 23.7 Å². The zero-order chi connectivity index (χ0) is 22.9. The number of benzene rings is 1. The van der Waals surface area contributed by atoms with Crippen molar-refractivity contribution in [3.8, 4) is 0 Å². The van der Waals surface area contributed by atoms with Crippen LogP contribution in [0.4, 0.5) is 5.95 Å². The van der Waals surface area contributed by atoms with Crippen molar-refractivity contribution in [3.05, 3.63) is 78.7 Å². The number of rotatable bonds is 5. The maximum absolute atomic E-state index is 13.4. The SMILES string of the molecule is O=C(CN1CCN(c2ncccn2)CC1)N1N=C(c2cc3ccccc3o2)C[C@H]1c1ccco1. The van der Waals surface area contributed by atoms with Crippen molar-refractivity contribution in [3.63, 3.8) is 0 Å². The summed E-state index contributed by atoms with van der Waals surface area (Å²) in [6, 6.07) is 15.1. The summed E-state index contributed by atoms with van der Waals surface area (Å²) in [4.78, 5) is 26.3. The van der Waals surface area contributed by atoms with Crippen molar-refractivity contribution < 1.29 is 13.6 Å². The van der Waals surface area contributed by atoms with Crippen LogP contribution >= 0.6 is 0 Å². The Morgan fingerprint density at radius 2 is 1.82 bits per heavy atom. The fourth-order valence-corrected chi connectivity index (χ4v) is 4.54. The third-order valence-corrected chi connectivity index (χ3v) is 6.31. The summed E-state index contributed by atoms with van der Waals surface area (Å²) >= 11 is 0. The number of anilines is 1. The second-order valence-corrected chi connectivity index (χ2v) is 8.48. The van der Waals surface area contributed by atoms with E-state index in [9.17, 15) is 4.79 Å². The number of aromatic nitrogens is 2. The van der Waals surface area contributed by atoms with Gasteiger partial charge in [-0.25, -0.2) is 15.0 Å². The second kappa shape index (κ2) is 8.75. The lowest BCUT2D eigenvalue weighted by molar-refractivity contribution is -0.134. The minimum absolute atomic E-state index is 0.0584. The van der Waals surface area contributed by atoms with Gasteiger partial charge < -0.3 is 13.7 Å². The van der Waals surface area contributed by atoms with Crippen LogP contribution in [0.15, 0.2) is 81.1 Å². The molecule has 4 aromatic rings. The Kier molecular flexibility index (Phi) is 5.31. The average molecular weight is 457 g/mol. The molecule has 2 aliphatic rings. The fourth-order valence-electron chi connectivity index (χ4n) is 4.54. The minimum Gasteiger partial charge on any atom is -0.467 e. The smallest absolute Gasteiger partial charge is 0.257 e. The average Bonchev–Trinajstić information content (AvgIpc) is 3.64. The Balaban J connectivity index is 1.18. The van der Waals surface area contributed by atoms with Crippen LogP contribution < -0.4 is 4.90 Å². The van der Waals surface area contributed by atoms with Crippen LogP contribution in [0.1, 0.15) is 24.0 Å². The van der Waals surface area contributed by atoms with E-state index in [2.05, 4.69) is 19.8 Å². The van der Waals surface area contributed by atoms with Gasteiger partial charge in [0.15, 0.2) is 5.76 Å². The number of hydrogen-bond acceptors (Lipinski definition) is 8. The molecule has 1 amide bonds. The van der Waals surface area contributed by atoms with Gasteiger partial charge in [-0.15, -0.1) is 0 Å². The van der Waals surface area contributed by atoms with E-state index in [0.717, 1.165) is 48.8 Å². The van der Waals surface area contributed by atoms with Crippen molar-refractivity contribution in [2.75, 3.05) is 37.6 Å². The first-order valence-electron chi connectivity index (χ1n) is 11.4. The van der Waals surface area contributed by atoms with Crippen molar-refractivity contribution in [2.24, 2.45) is 5.10 Å². The van der Waals surface area contributed by atoms with Crippen LogP contribution in [0.25, 0.3) is 11.0 Å². The van der Waals surface area contributed by atoms with Crippen LogP contribution in [0.2, 0.25) is 0 Å². The van der Waals surface area contributed by atoms with Gasteiger partial charge in [0.05, 0.1) is 12.8 Å². The number of furan rings is 2. The molecule has 1 aromatic carbocycles. The Labute approximate surface area is 196 Å². The van der Waals surface area contributed by atoms with Gasteiger partial charge in [-0.05, 0) is 30.3 Å². The van der Waals surface area contributed by atoms with E-state index in [4.69, 9.17) is 13.9 Å². The first kappa shape index (κ1) is 20.6. The van der Waals surface area contributed by atoms with Crippen LogP contribution in [0.5, 0.6) is 0 Å². The van der Waals surface area contributed by atoms with E-state index in [-0.39, 0.29) is 18.5 Å². The molecule has 6 rings (SSSR count). The molecule has 0 radical (unpaired) electrons. The highest BCUT2D eigenvalue weighted by molar-refractivity contribution is 6.03. The number of fused-ring (bicyclic) bond motifs is 1. The summed E-state index contributed by atoms with van der Waals surface area (Å²) in [5.41, 5.74) is 1.55. The van der Waals surface area contributed by atoms with E-state index < -0.39 is 0 Å². The topological polar surface area (TPSA) is 91.2 Å². The monoisotopic (exact) mass is 456 g/mol. The van der Waals surface area contributed by atoms with Gasteiger partial charge in [-0.1, -0.05) is 18.2 Å². The molecular weight excluding hydrogens is 432 g/mol. The van der Waals surface area contributed by atoms with E-state index in [1.807, 2.05) is 48.5 Å². The third-order valence-electron chi connectivity index (χ3n) is 6.31. The Bertz CT molecular complexity index is 1280. The standard InChI is InChI=1S/C25H24N6O3/c32-24(17-29-10-12-30(13-11-29)25-26-8-4-9-27-25)31-20(22-7-3-14-33-22)16-19(28-31)23-15-18-5-1-2-6-21(18)34-23/h1-9,14-15,20H,10-13,16-17H2/t20-/m0/s1. The Morgan fingerprint density at radius 1 is 1.00 bits per heavy atom. The molecule has 0 saturated carbocycles. The first-order chi connectivity index (χ1) is 16.7. The van der Waals surface area contributed by atoms with Gasteiger partial charge in [0.1, 0.15) is 23.1 Å². The molecule has 5 heterocycles. The third kappa shape index (κ3) is 3.94. The van der Waals surface area contributed by atoms with Crippen molar-refractivity contribution in [2.45, 2.75) is 12.5 Å². The summed E-state index contributed by atoms with van der Waals surface area (Å²) < 4.78 is 11.7. The zero-order valence-corrected chi connectivity index (χ0v) is 18.6. The molecule has 34 heavy (non-hydrogen) atoms. The minimum atomic E-state index is -0.287. The quantitative estimate of drug-likeness (QED) is 0.455. The largest absolute Gasteiger partial charge is 0.467 e. The molecule has 0 aliphatic carbocycles. The molecule has 0 unspecified atom stereocenters. The molecule has 3 aromatic heterocycles. The lowest BCUT2D eigenvalue weighted by Gasteiger charge is -2.34. The summed E-state index contributed by atoms with van der Waals surface area (Å²) in [6.45, 7) is 3.34. The fraction of sp³-hybridized carbons (Fsp3) is 0.280. The highest BCUT2D eigenvalue weighted by atomic mass is 16.3. The maximum Gasteiger partial charge on any atom is 0.257 e. The highest BCUT2D eigenvalue weighted by Crippen LogP contribution is 2.34. The zero-order valence-electron chi connectivity index (χ0n) is 18.6. The van der Waals surface area contributed by atoms with Gasteiger partial charge in [0, 0.05) is 50.4 Å². The molecule has 9 heteroatoms. The number of carbonyl (C=O) groups excluding carboxylic acids is 1. The number of amides is 1. The predicted molar refractivity (Wildman–Crippen MR) is 126 cm³/mol. The van der Waals surface area contributed by atoms with Crippen LogP contribution in [-0.2, 0) is 4.79 Å². The Morgan fingerprint density at radius 3 is 2.59 bits per heavy atom. The van der Waals surface area contributed by atoms with E-state index in [0.29, 0.717) is 17.9 Å². The molecule has 1 atom stereocenters. The lowest BCUT2D eigenvalue weighted by atomic mass is 10.1. The molecule has 1 saturated heterocycles. The number of nitrogens with zero attached hydrogens (tertiary/aromatic N) is 6. The van der Waals surface area contributed by atoms with E-state index >= 15 is 0 Å². The molecular formula is C25H24N6O3. The summed E-state index contributed by atoms with van der Waals surface area (Å²) in [5, 5.41) is 7.29. The summed E-state index contributed by atoms with van der Waals surface area (Å²) in [7, 11) is 0. The number of piperazine rings is 1. The Hall–Kier alpha value is -3.98. The van der Waals surface area contributed by atoms with Gasteiger partial charge in [0.25, 0.3) is 5.91 Å². The second-order valence-electron chi connectivity index (χ2n) is 8.48. The molecule has 2 aliphatic heterocycles. The van der Waals surface area contributed by atoms with E-state index in [1.165, 1.54) is 0 Å². The van der Waals surface area contributed by atoms with Crippen LogP contribution in [-0.4, -0.2) is 64.2 Å². The van der Waals surface area contributed by atoms with Crippen LogP contribution in [0.3, 0.4) is 0 Å². The van der Waals surface area contributed by atoms with Crippen LogP contribution in [0, 0.1) is 0 Å².